The van der Waals surface area contributed by atoms with E-state index < -0.39 is 5.54 Å². The zero-order valence-corrected chi connectivity index (χ0v) is 15.4. The monoisotopic (exact) mass is 395 g/mol. The summed E-state index contributed by atoms with van der Waals surface area (Å²) in [5.74, 6) is -0.401. The highest BCUT2D eigenvalue weighted by Gasteiger charge is 2.22. The number of hydrogen-bond donors (Lipinski definition) is 2. The summed E-state index contributed by atoms with van der Waals surface area (Å²) in [7, 11) is 1.55. The molecule has 0 aliphatic heterocycles. The Morgan fingerprint density at radius 2 is 1.95 bits per heavy atom. The normalized spacial score (nSPS) is 10.8. The molecular formula is C14H23BrClN3O3. The van der Waals surface area contributed by atoms with Crippen molar-refractivity contribution in [2.24, 2.45) is 5.73 Å². The summed E-state index contributed by atoms with van der Waals surface area (Å²) in [6, 6.07) is 3.19. The molecule has 0 saturated heterocycles. The summed E-state index contributed by atoms with van der Waals surface area (Å²) >= 11 is 3.13. The number of nitrogens with one attached hydrogen (secondary N) is 1. The number of carbonyl (C=O) groups excluding carboxylic acids is 2. The van der Waals surface area contributed by atoms with Gasteiger partial charge in [-0.2, -0.15) is 0 Å². The fourth-order valence-corrected chi connectivity index (χ4v) is 2.04. The Morgan fingerprint density at radius 3 is 2.41 bits per heavy atom. The van der Waals surface area contributed by atoms with E-state index in [-0.39, 0.29) is 36.5 Å². The number of likely N-dealkylation sites (N-methyl/N-ethyl adjacent to an activating group) is 1. The molecule has 126 valence electrons. The van der Waals surface area contributed by atoms with E-state index in [1.807, 2.05) is 13.8 Å². The van der Waals surface area contributed by atoms with Gasteiger partial charge < -0.3 is 20.4 Å². The number of hydrogen-bond acceptors (Lipinski definition) is 4. The van der Waals surface area contributed by atoms with Crippen molar-refractivity contribution in [3.63, 3.8) is 0 Å². The quantitative estimate of drug-likeness (QED) is 0.739. The van der Waals surface area contributed by atoms with E-state index in [9.17, 15) is 9.59 Å². The van der Waals surface area contributed by atoms with Crippen LogP contribution in [0.25, 0.3) is 0 Å². The Labute approximate surface area is 145 Å². The Morgan fingerprint density at radius 1 is 1.36 bits per heavy atom. The van der Waals surface area contributed by atoms with Gasteiger partial charge in [-0.15, -0.1) is 12.4 Å². The molecule has 1 aromatic rings. The standard InChI is InChI=1S/C14H22BrN3O3.ClH/c1-4-14(16,5-2)9-17-12(19)8-18(3)13(20)10-6-7-11(15)21-10;/h6-7H,4-5,8-9,16H2,1-3H3,(H,17,19);1H. The predicted octanol–water partition coefficient (Wildman–Crippen LogP) is 2.17. The van der Waals surface area contributed by atoms with Crippen LogP contribution >= 0.6 is 28.3 Å². The second-order valence-electron chi connectivity index (χ2n) is 5.11. The lowest BCUT2D eigenvalue weighted by atomic mass is 9.94. The molecule has 1 rings (SSSR count). The molecule has 0 aliphatic rings. The number of nitrogens with two attached hydrogens (primary N) is 1. The van der Waals surface area contributed by atoms with Crippen LogP contribution in [-0.4, -0.2) is 42.4 Å². The van der Waals surface area contributed by atoms with Gasteiger partial charge in [0.05, 0.1) is 6.54 Å². The highest BCUT2D eigenvalue weighted by Crippen LogP contribution is 2.15. The number of halogens is 2. The summed E-state index contributed by atoms with van der Waals surface area (Å²) in [5.41, 5.74) is 5.72. The second kappa shape index (κ2) is 9.17. The average Bonchev–Trinajstić information content (AvgIpc) is 2.90. The predicted molar refractivity (Wildman–Crippen MR) is 91.1 cm³/mol. The van der Waals surface area contributed by atoms with E-state index in [2.05, 4.69) is 21.2 Å². The van der Waals surface area contributed by atoms with Crippen molar-refractivity contribution in [2.45, 2.75) is 32.2 Å². The third-order valence-electron chi connectivity index (χ3n) is 3.56. The van der Waals surface area contributed by atoms with Crippen LogP contribution in [0.2, 0.25) is 0 Å². The van der Waals surface area contributed by atoms with Gasteiger partial charge in [0.15, 0.2) is 10.4 Å². The van der Waals surface area contributed by atoms with Gasteiger partial charge in [0, 0.05) is 19.1 Å². The molecule has 0 radical (unpaired) electrons. The lowest BCUT2D eigenvalue weighted by Crippen LogP contribution is -2.51. The van der Waals surface area contributed by atoms with E-state index >= 15 is 0 Å². The zero-order chi connectivity index (χ0) is 16.0. The number of furan rings is 1. The van der Waals surface area contributed by atoms with Gasteiger partial charge in [-0.1, -0.05) is 13.8 Å². The van der Waals surface area contributed by atoms with Crippen molar-refractivity contribution >= 4 is 40.2 Å². The van der Waals surface area contributed by atoms with Crippen molar-refractivity contribution in [1.29, 1.82) is 0 Å². The molecule has 0 aliphatic carbocycles. The summed E-state index contributed by atoms with van der Waals surface area (Å²) in [6.07, 6.45) is 1.55. The minimum Gasteiger partial charge on any atom is -0.444 e. The van der Waals surface area contributed by atoms with Crippen molar-refractivity contribution in [1.82, 2.24) is 10.2 Å². The maximum Gasteiger partial charge on any atom is 0.289 e. The van der Waals surface area contributed by atoms with E-state index in [4.69, 9.17) is 10.2 Å². The number of nitrogens with zero attached hydrogens (tertiary/aromatic N) is 1. The molecule has 8 heteroatoms. The fourth-order valence-electron chi connectivity index (χ4n) is 1.74. The summed E-state index contributed by atoms with van der Waals surface area (Å²) in [5, 5.41) is 2.77. The molecule has 3 N–H and O–H groups in total. The molecule has 0 atom stereocenters. The zero-order valence-electron chi connectivity index (χ0n) is 13.0. The van der Waals surface area contributed by atoms with Crippen LogP contribution in [0.15, 0.2) is 21.2 Å². The first-order chi connectivity index (χ1) is 9.81. The molecule has 2 amide bonds. The van der Waals surface area contributed by atoms with Crippen LogP contribution in [0, 0.1) is 0 Å². The van der Waals surface area contributed by atoms with Crippen LogP contribution in [0.1, 0.15) is 37.2 Å². The van der Waals surface area contributed by atoms with Gasteiger partial charge in [-0.25, -0.2) is 0 Å². The molecule has 0 spiro atoms. The number of carbonyl (C=O) groups is 2. The summed E-state index contributed by atoms with van der Waals surface area (Å²) in [4.78, 5) is 25.2. The van der Waals surface area contributed by atoms with Gasteiger partial charge >= 0.3 is 0 Å². The average molecular weight is 397 g/mol. The van der Waals surface area contributed by atoms with Gasteiger partial charge in [0.1, 0.15) is 0 Å². The molecule has 6 nitrogen and oxygen atoms in total. The van der Waals surface area contributed by atoms with Crippen molar-refractivity contribution < 1.29 is 14.0 Å². The third-order valence-corrected chi connectivity index (χ3v) is 3.98. The summed E-state index contributed by atoms with van der Waals surface area (Å²) in [6.45, 7) is 4.33. The fraction of sp³-hybridized carbons (Fsp3) is 0.571. The van der Waals surface area contributed by atoms with Crippen LogP contribution in [0.4, 0.5) is 0 Å². The topological polar surface area (TPSA) is 88.6 Å². The van der Waals surface area contributed by atoms with Gasteiger partial charge in [-0.05, 0) is 40.9 Å². The van der Waals surface area contributed by atoms with Crippen LogP contribution < -0.4 is 11.1 Å². The Balaban J connectivity index is 0.00000441. The van der Waals surface area contributed by atoms with Gasteiger partial charge in [0.2, 0.25) is 5.91 Å². The maximum atomic E-state index is 12.0. The van der Waals surface area contributed by atoms with Crippen LogP contribution in [-0.2, 0) is 4.79 Å². The Hall–Kier alpha value is -1.05. The molecule has 1 aromatic heterocycles. The molecule has 0 saturated carbocycles. The van der Waals surface area contributed by atoms with E-state index in [0.29, 0.717) is 11.2 Å². The van der Waals surface area contributed by atoms with Crippen LogP contribution in [0.5, 0.6) is 0 Å². The molecule has 1 heterocycles. The Kier molecular flexibility index (Phi) is 8.73. The lowest BCUT2D eigenvalue weighted by Gasteiger charge is -2.27. The SMILES string of the molecule is CCC(N)(CC)CNC(=O)CN(C)C(=O)c1ccc(Br)o1.Cl. The first kappa shape index (κ1) is 20.9. The molecule has 0 unspecified atom stereocenters. The van der Waals surface area contributed by atoms with Crippen molar-refractivity contribution in [2.75, 3.05) is 20.1 Å². The molecular weight excluding hydrogens is 374 g/mol. The van der Waals surface area contributed by atoms with E-state index in [1.54, 1.807) is 19.2 Å². The van der Waals surface area contributed by atoms with Crippen molar-refractivity contribution in [3.05, 3.63) is 22.6 Å². The minimum atomic E-state index is -0.399. The molecule has 0 fully saturated rings. The van der Waals surface area contributed by atoms with Gasteiger partial charge in [0.25, 0.3) is 5.91 Å². The van der Waals surface area contributed by atoms with Gasteiger partial charge in [-0.3, -0.25) is 9.59 Å². The molecule has 22 heavy (non-hydrogen) atoms. The van der Waals surface area contributed by atoms with E-state index in [1.165, 1.54) is 4.90 Å². The highest BCUT2D eigenvalue weighted by molar-refractivity contribution is 9.10. The van der Waals surface area contributed by atoms with Crippen molar-refractivity contribution in [3.8, 4) is 0 Å². The summed E-state index contributed by atoms with van der Waals surface area (Å²) < 4.78 is 5.65. The molecule has 0 aromatic carbocycles. The lowest BCUT2D eigenvalue weighted by molar-refractivity contribution is -0.121. The minimum absolute atomic E-state index is 0. The number of rotatable bonds is 7. The smallest absolute Gasteiger partial charge is 0.289 e. The molecule has 0 bridgehead atoms. The third kappa shape index (κ3) is 5.98. The first-order valence-electron chi connectivity index (χ1n) is 6.87. The first-order valence-corrected chi connectivity index (χ1v) is 7.67. The highest BCUT2D eigenvalue weighted by atomic mass is 79.9. The Bertz CT molecular complexity index is 503. The van der Waals surface area contributed by atoms with E-state index in [0.717, 1.165) is 12.8 Å². The second-order valence-corrected chi connectivity index (χ2v) is 5.89. The largest absolute Gasteiger partial charge is 0.444 e. The maximum absolute atomic E-state index is 12.0. The number of amides is 2. The van der Waals surface area contributed by atoms with Crippen LogP contribution in [0.3, 0.4) is 0 Å².